The van der Waals surface area contributed by atoms with E-state index >= 15 is 0 Å². The predicted molar refractivity (Wildman–Crippen MR) is 92.2 cm³/mol. The Hall–Kier alpha value is -2.32. The van der Waals surface area contributed by atoms with Crippen molar-refractivity contribution in [1.29, 1.82) is 0 Å². The SMILES string of the molecule is CNCc1ccc(NS(=O)(=O)/C=C/c2cccc(C(F)(F)F)c2)cc1. The molecule has 25 heavy (non-hydrogen) atoms. The summed E-state index contributed by atoms with van der Waals surface area (Å²) in [5, 5.41) is 3.81. The number of sulfonamides is 1. The van der Waals surface area contributed by atoms with E-state index in [1.807, 2.05) is 0 Å². The van der Waals surface area contributed by atoms with Crippen LogP contribution in [0.3, 0.4) is 0 Å². The quantitative estimate of drug-likeness (QED) is 0.812. The molecule has 2 N–H and O–H groups in total. The molecule has 2 rings (SSSR count). The molecule has 0 radical (unpaired) electrons. The number of rotatable bonds is 6. The summed E-state index contributed by atoms with van der Waals surface area (Å²) in [5.41, 5.74) is 0.670. The number of hydrogen-bond donors (Lipinski definition) is 2. The third-order valence-corrected chi connectivity index (χ3v) is 4.26. The van der Waals surface area contributed by atoms with Gasteiger partial charge in [0.05, 0.1) is 11.0 Å². The zero-order valence-corrected chi connectivity index (χ0v) is 14.2. The van der Waals surface area contributed by atoms with Gasteiger partial charge in [0, 0.05) is 12.2 Å². The molecule has 0 bridgehead atoms. The van der Waals surface area contributed by atoms with Gasteiger partial charge in [-0.25, -0.2) is 8.42 Å². The van der Waals surface area contributed by atoms with Crippen molar-refractivity contribution in [2.45, 2.75) is 12.7 Å². The highest BCUT2D eigenvalue weighted by molar-refractivity contribution is 7.95. The van der Waals surface area contributed by atoms with E-state index in [2.05, 4.69) is 10.0 Å². The maximum atomic E-state index is 12.7. The summed E-state index contributed by atoms with van der Waals surface area (Å²) in [6.07, 6.45) is -3.36. The average Bonchev–Trinajstić information content (AvgIpc) is 2.54. The van der Waals surface area contributed by atoms with Crippen molar-refractivity contribution in [2.75, 3.05) is 11.8 Å². The van der Waals surface area contributed by atoms with Crippen molar-refractivity contribution in [3.05, 3.63) is 70.6 Å². The molecule has 0 aliphatic heterocycles. The molecule has 0 fully saturated rings. The van der Waals surface area contributed by atoms with E-state index in [0.29, 0.717) is 12.2 Å². The van der Waals surface area contributed by atoms with Crippen molar-refractivity contribution >= 4 is 21.8 Å². The Morgan fingerprint density at radius 1 is 1.08 bits per heavy atom. The van der Waals surface area contributed by atoms with Gasteiger partial charge in [-0.1, -0.05) is 24.3 Å². The van der Waals surface area contributed by atoms with Crippen LogP contribution in [0.1, 0.15) is 16.7 Å². The van der Waals surface area contributed by atoms with Crippen LogP contribution in [0.5, 0.6) is 0 Å². The van der Waals surface area contributed by atoms with Gasteiger partial charge in [-0.15, -0.1) is 0 Å². The van der Waals surface area contributed by atoms with Gasteiger partial charge >= 0.3 is 6.18 Å². The van der Waals surface area contributed by atoms with Crippen LogP contribution in [0.4, 0.5) is 18.9 Å². The lowest BCUT2D eigenvalue weighted by molar-refractivity contribution is -0.137. The van der Waals surface area contributed by atoms with Gasteiger partial charge in [-0.05, 0) is 48.5 Å². The molecule has 8 heteroatoms. The van der Waals surface area contributed by atoms with Gasteiger partial charge in [-0.3, -0.25) is 4.72 Å². The standard InChI is InChI=1S/C17H17F3N2O2S/c1-21-12-14-5-7-16(8-6-14)22-25(23,24)10-9-13-3-2-4-15(11-13)17(18,19)20/h2-11,21-22H,12H2,1H3/b10-9+. The van der Waals surface area contributed by atoms with Crippen LogP contribution in [0.25, 0.3) is 6.08 Å². The number of benzene rings is 2. The first-order chi connectivity index (χ1) is 11.7. The largest absolute Gasteiger partial charge is 0.416 e. The van der Waals surface area contributed by atoms with Crippen LogP contribution < -0.4 is 10.0 Å². The van der Waals surface area contributed by atoms with Crippen LogP contribution in [0.15, 0.2) is 53.9 Å². The summed E-state index contributed by atoms with van der Waals surface area (Å²) in [6, 6.07) is 11.2. The maximum absolute atomic E-state index is 12.7. The molecule has 2 aromatic carbocycles. The second-order valence-electron chi connectivity index (χ2n) is 5.30. The molecule has 0 unspecified atom stereocenters. The van der Waals surface area contributed by atoms with Crippen molar-refractivity contribution in [1.82, 2.24) is 5.32 Å². The molecule has 0 spiro atoms. The number of halogens is 3. The van der Waals surface area contributed by atoms with E-state index in [1.165, 1.54) is 12.1 Å². The molecule has 4 nitrogen and oxygen atoms in total. The van der Waals surface area contributed by atoms with Crippen LogP contribution in [-0.4, -0.2) is 15.5 Å². The van der Waals surface area contributed by atoms with Crippen molar-refractivity contribution in [2.24, 2.45) is 0 Å². The van der Waals surface area contributed by atoms with Crippen molar-refractivity contribution < 1.29 is 21.6 Å². The van der Waals surface area contributed by atoms with Crippen LogP contribution >= 0.6 is 0 Å². The fourth-order valence-electron chi connectivity index (χ4n) is 2.08. The van der Waals surface area contributed by atoms with Gasteiger partial charge in [0.25, 0.3) is 10.0 Å². The van der Waals surface area contributed by atoms with E-state index in [-0.39, 0.29) is 5.56 Å². The highest BCUT2D eigenvalue weighted by Crippen LogP contribution is 2.29. The Kier molecular flexibility index (Phi) is 5.86. The zero-order chi connectivity index (χ0) is 18.5. The van der Waals surface area contributed by atoms with Crippen molar-refractivity contribution in [3.8, 4) is 0 Å². The predicted octanol–water partition coefficient (Wildman–Crippen LogP) is 3.84. The molecule has 0 heterocycles. The molecule has 0 saturated carbocycles. The summed E-state index contributed by atoms with van der Waals surface area (Å²) in [4.78, 5) is 0. The second-order valence-corrected chi connectivity index (χ2v) is 6.87. The Morgan fingerprint density at radius 3 is 2.36 bits per heavy atom. The van der Waals surface area contributed by atoms with Gasteiger partial charge in [-0.2, -0.15) is 13.2 Å². The minimum Gasteiger partial charge on any atom is -0.316 e. The number of anilines is 1. The fraction of sp³-hybridized carbons (Fsp3) is 0.176. The molecule has 0 aromatic heterocycles. The van der Waals surface area contributed by atoms with Crippen LogP contribution in [0.2, 0.25) is 0 Å². The van der Waals surface area contributed by atoms with E-state index in [4.69, 9.17) is 0 Å². The topological polar surface area (TPSA) is 58.2 Å². The van der Waals surface area contributed by atoms with Gasteiger partial charge in [0.2, 0.25) is 0 Å². The molecule has 0 atom stereocenters. The summed E-state index contributed by atoms with van der Waals surface area (Å²) in [7, 11) is -2.03. The van der Waals surface area contributed by atoms with Gasteiger partial charge in [0.1, 0.15) is 0 Å². The summed E-state index contributed by atoms with van der Waals surface area (Å²) >= 11 is 0. The first kappa shape index (κ1) is 19.0. The summed E-state index contributed by atoms with van der Waals surface area (Å²) in [6.45, 7) is 0.655. The lowest BCUT2D eigenvalue weighted by atomic mass is 10.1. The van der Waals surface area contributed by atoms with Gasteiger partial charge < -0.3 is 5.32 Å². The zero-order valence-electron chi connectivity index (χ0n) is 13.3. The lowest BCUT2D eigenvalue weighted by Gasteiger charge is -2.07. The number of nitrogens with one attached hydrogen (secondary N) is 2. The van der Waals surface area contributed by atoms with Crippen LogP contribution in [0, 0.1) is 0 Å². The third kappa shape index (κ3) is 5.91. The molecule has 0 aliphatic rings. The van der Waals surface area contributed by atoms with Gasteiger partial charge in [0.15, 0.2) is 0 Å². The molecule has 0 aliphatic carbocycles. The minimum atomic E-state index is -4.48. The van der Waals surface area contributed by atoms with Crippen molar-refractivity contribution in [3.63, 3.8) is 0 Å². The molecular formula is C17H17F3N2O2S. The molecule has 0 saturated heterocycles. The Balaban J connectivity index is 2.11. The maximum Gasteiger partial charge on any atom is 0.416 e. The first-order valence-corrected chi connectivity index (χ1v) is 8.86. The first-order valence-electron chi connectivity index (χ1n) is 7.31. The van der Waals surface area contributed by atoms with E-state index < -0.39 is 21.8 Å². The Bertz CT molecular complexity index is 845. The molecular weight excluding hydrogens is 353 g/mol. The highest BCUT2D eigenvalue weighted by atomic mass is 32.2. The molecule has 0 amide bonds. The highest BCUT2D eigenvalue weighted by Gasteiger charge is 2.30. The molecule has 134 valence electrons. The third-order valence-electron chi connectivity index (χ3n) is 3.25. The van der Waals surface area contributed by atoms with E-state index in [9.17, 15) is 21.6 Å². The minimum absolute atomic E-state index is 0.143. The normalized spacial score (nSPS) is 12.5. The molecule has 2 aromatic rings. The average molecular weight is 370 g/mol. The number of alkyl halides is 3. The van der Waals surface area contributed by atoms with E-state index in [1.54, 1.807) is 31.3 Å². The van der Waals surface area contributed by atoms with E-state index in [0.717, 1.165) is 29.2 Å². The summed E-state index contributed by atoms with van der Waals surface area (Å²) < 4.78 is 64.4. The second kappa shape index (κ2) is 7.71. The smallest absolute Gasteiger partial charge is 0.316 e. The Morgan fingerprint density at radius 2 is 1.76 bits per heavy atom. The fourth-order valence-corrected chi connectivity index (χ4v) is 2.95. The monoisotopic (exact) mass is 370 g/mol. The Labute approximate surface area is 144 Å². The summed E-state index contributed by atoms with van der Waals surface area (Å²) in [5.74, 6) is 0. The van der Waals surface area contributed by atoms with Crippen LogP contribution in [-0.2, 0) is 22.7 Å². The number of hydrogen-bond acceptors (Lipinski definition) is 3. The lowest BCUT2D eigenvalue weighted by Crippen LogP contribution is -2.09.